The van der Waals surface area contributed by atoms with Gasteiger partial charge >= 0.3 is 0 Å². The van der Waals surface area contributed by atoms with Gasteiger partial charge in [-0.2, -0.15) is 0 Å². The number of aryl methyl sites for hydroxylation is 1. The second-order valence-corrected chi connectivity index (χ2v) is 7.47. The van der Waals surface area contributed by atoms with Crippen LogP contribution in [-0.2, 0) is 10.5 Å². The number of aliphatic hydroxyl groups is 4. The highest BCUT2D eigenvalue weighted by molar-refractivity contribution is 5.81. The number of nitrogens with zero attached hydrogens (tertiary/aromatic N) is 4. The summed E-state index contributed by atoms with van der Waals surface area (Å²) in [5.41, 5.74) is 5.39. The molecule has 0 spiro atoms. The second-order valence-electron chi connectivity index (χ2n) is 7.47. The Balaban J connectivity index is 1.89. The Morgan fingerprint density at radius 2 is 1.93 bits per heavy atom. The third kappa shape index (κ3) is 2.71. The summed E-state index contributed by atoms with van der Waals surface area (Å²) in [4.78, 5) is 12.8. The summed E-state index contributed by atoms with van der Waals surface area (Å²) in [7, 11) is 0. The summed E-state index contributed by atoms with van der Waals surface area (Å²) in [6, 6.07) is 0. The molecule has 4 atom stereocenters. The minimum atomic E-state index is -1.37. The van der Waals surface area contributed by atoms with E-state index in [2.05, 4.69) is 15.0 Å². The van der Waals surface area contributed by atoms with E-state index in [9.17, 15) is 20.4 Å². The monoisotopic (exact) mass is 379 g/mol. The molecule has 2 aromatic rings. The Kier molecular flexibility index (Phi) is 4.55. The van der Waals surface area contributed by atoms with Crippen molar-refractivity contribution in [3.63, 3.8) is 0 Å². The van der Waals surface area contributed by atoms with Crippen LogP contribution in [0, 0.1) is 12.8 Å². The van der Waals surface area contributed by atoms with E-state index in [-0.39, 0.29) is 11.7 Å². The van der Waals surface area contributed by atoms with Gasteiger partial charge in [0.1, 0.15) is 29.7 Å². The number of rotatable bonds is 3. The lowest BCUT2D eigenvalue weighted by atomic mass is 9.77. The van der Waals surface area contributed by atoms with Gasteiger partial charge in [0, 0.05) is 5.92 Å². The summed E-state index contributed by atoms with van der Waals surface area (Å²) in [6.07, 6.45) is -0.125. The Morgan fingerprint density at radius 3 is 2.56 bits per heavy atom. The van der Waals surface area contributed by atoms with Gasteiger partial charge in [0.15, 0.2) is 17.2 Å². The molecule has 0 unspecified atom stereocenters. The third-order valence-electron chi connectivity index (χ3n) is 5.84. The minimum Gasteiger partial charge on any atom is -0.394 e. The fourth-order valence-corrected chi connectivity index (χ4v) is 4.49. The van der Waals surface area contributed by atoms with Crippen LogP contribution in [0.15, 0.2) is 6.33 Å². The molecule has 10 heteroatoms. The van der Waals surface area contributed by atoms with E-state index >= 15 is 0 Å². The van der Waals surface area contributed by atoms with Crippen molar-refractivity contribution in [3.8, 4) is 0 Å². The van der Waals surface area contributed by atoms with Crippen molar-refractivity contribution in [2.75, 3.05) is 12.3 Å². The van der Waals surface area contributed by atoms with E-state index in [0.29, 0.717) is 42.7 Å². The number of hydrogen-bond donors (Lipinski definition) is 5. The average Bonchev–Trinajstić information content (AvgIpc) is 3.17. The van der Waals surface area contributed by atoms with Gasteiger partial charge < -0.3 is 30.9 Å². The molecule has 6 N–H and O–H groups in total. The van der Waals surface area contributed by atoms with Crippen LogP contribution in [0.3, 0.4) is 0 Å². The Bertz CT molecular complexity index is 836. The molecule has 2 aromatic heterocycles. The summed E-state index contributed by atoms with van der Waals surface area (Å²) in [5, 5.41) is 41.0. The number of hydrogen-bond acceptors (Lipinski definition) is 9. The summed E-state index contributed by atoms with van der Waals surface area (Å²) in [5.74, 6) is 0.455. The summed E-state index contributed by atoms with van der Waals surface area (Å²) >= 11 is 0. The first-order valence-corrected chi connectivity index (χ1v) is 9.19. The molecule has 0 radical (unpaired) electrons. The first kappa shape index (κ1) is 18.5. The molecule has 27 heavy (non-hydrogen) atoms. The molecule has 1 aliphatic heterocycles. The van der Waals surface area contributed by atoms with E-state index in [1.54, 1.807) is 11.5 Å². The van der Waals surface area contributed by atoms with Crippen molar-refractivity contribution in [1.29, 1.82) is 0 Å². The predicted molar refractivity (Wildman–Crippen MR) is 94.4 cm³/mol. The standard InChI is InChI=1S/C17H25N5O5/c1-8-20-15(18)12-16(21-8)22(7-19-12)17(9-2-4-10(24)5-3-9)14(26)13(25)11(6-23)27-17/h7,9-11,13-14,23-26H,2-6H2,1H3,(H2,18,20,21)/t9?,10?,11-,13-,14-,17-/m1/s1. The summed E-state index contributed by atoms with van der Waals surface area (Å²) < 4.78 is 7.73. The number of aromatic nitrogens is 4. The molecule has 0 amide bonds. The van der Waals surface area contributed by atoms with Crippen LogP contribution in [0.4, 0.5) is 5.82 Å². The third-order valence-corrected chi connectivity index (χ3v) is 5.84. The Labute approximate surface area is 155 Å². The largest absolute Gasteiger partial charge is 0.394 e. The van der Waals surface area contributed by atoms with Crippen LogP contribution in [0.5, 0.6) is 0 Å². The molecule has 1 saturated carbocycles. The van der Waals surface area contributed by atoms with Gasteiger partial charge in [-0.1, -0.05) is 0 Å². The fraction of sp³-hybridized carbons (Fsp3) is 0.706. The first-order chi connectivity index (χ1) is 12.9. The average molecular weight is 379 g/mol. The number of imidazole rings is 1. The van der Waals surface area contributed by atoms with E-state index in [1.807, 2.05) is 0 Å². The van der Waals surface area contributed by atoms with Gasteiger partial charge in [0.05, 0.1) is 19.0 Å². The highest BCUT2D eigenvalue weighted by Crippen LogP contribution is 2.48. The predicted octanol–water partition coefficient (Wildman–Crippen LogP) is -0.966. The smallest absolute Gasteiger partial charge is 0.179 e. The van der Waals surface area contributed by atoms with Crippen molar-refractivity contribution >= 4 is 17.0 Å². The van der Waals surface area contributed by atoms with Crippen LogP contribution in [0.2, 0.25) is 0 Å². The Hall–Kier alpha value is -1.85. The molecule has 0 aromatic carbocycles. The SMILES string of the molecule is Cc1nc(N)c2ncn([C@]3(C4CCC(O)CC4)O[C@H](CO)[C@@H](O)[C@H]3O)c2n1. The molecule has 2 aliphatic rings. The fourth-order valence-electron chi connectivity index (χ4n) is 4.49. The normalized spacial score (nSPS) is 37.1. The second kappa shape index (κ2) is 6.64. The Morgan fingerprint density at radius 1 is 1.22 bits per heavy atom. The lowest BCUT2D eigenvalue weighted by molar-refractivity contribution is -0.191. The minimum absolute atomic E-state index is 0.212. The van der Waals surface area contributed by atoms with Crippen molar-refractivity contribution in [2.45, 2.75) is 62.7 Å². The van der Waals surface area contributed by atoms with Crippen LogP contribution in [0.25, 0.3) is 11.2 Å². The first-order valence-electron chi connectivity index (χ1n) is 9.19. The molecule has 4 rings (SSSR count). The van der Waals surface area contributed by atoms with Gasteiger partial charge in [-0.25, -0.2) is 15.0 Å². The van der Waals surface area contributed by atoms with Gasteiger partial charge in [0.25, 0.3) is 0 Å². The maximum absolute atomic E-state index is 11.0. The van der Waals surface area contributed by atoms with E-state index in [1.165, 1.54) is 6.33 Å². The molecular formula is C17H25N5O5. The van der Waals surface area contributed by atoms with Crippen molar-refractivity contribution < 1.29 is 25.2 Å². The molecular weight excluding hydrogens is 354 g/mol. The van der Waals surface area contributed by atoms with E-state index in [0.717, 1.165) is 0 Å². The number of aliphatic hydroxyl groups excluding tert-OH is 4. The van der Waals surface area contributed by atoms with Gasteiger partial charge in [-0.3, -0.25) is 4.57 Å². The van der Waals surface area contributed by atoms with Gasteiger partial charge in [-0.05, 0) is 32.6 Å². The van der Waals surface area contributed by atoms with Gasteiger partial charge in [0.2, 0.25) is 0 Å². The van der Waals surface area contributed by atoms with Crippen molar-refractivity contribution in [1.82, 2.24) is 19.5 Å². The molecule has 1 saturated heterocycles. The lowest BCUT2D eigenvalue weighted by Crippen LogP contribution is -2.52. The number of fused-ring (bicyclic) bond motifs is 1. The van der Waals surface area contributed by atoms with Crippen LogP contribution < -0.4 is 5.73 Å². The molecule has 0 bridgehead atoms. The van der Waals surface area contributed by atoms with E-state index in [4.69, 9.17) is 10.5 Å². The molecule has 3 heterocycles. The molecule has 2 fully saturated rings. The number of nitrogens with two attached hydrogens (primary N) is 1. The van der Waals surface area contributed by atoms with Crippen LogP contribution in [0.1, 0.15) is 31.5 Å². The number of ether oxygens (including phenoxy) is 1. The molecule has 10 nitrogen and oxygen atoms in total. The van der Waals surface area contributed by atoms with Crippen molar-refractivity contribution in [2.24, 2.45) is 5.92 Å². The van der Waals surface area contributed by atoms with Crippen molar-refractivity contribution in [3.05, 3.63) is 12.2 Å². The lowest BCUT2D eigenvalue weighted by Gasteiger charge is -2.43. The number of nitrogen functional groups attached to an aromatic ring is 1. The highest BCUT2D eigenvalue weighted by atomic mass is 16.6. The zero-order valence-electron chi connectivity index (χ0n) is 15.1. The zero-order chi connectivity index (χ0) is 19.3. The topological polar surface area (TPSA) is 160 Å². The van der Waals surface area contributed by atoms with Crippen LogP contribution in [-0.4, -0.2) is 71.0 Å². The maximum Gasteiger partial charge on any atom is 0.179 e. The molecule has 1 aliphatic carbocycles. The van der Waals surface area contributed by atoms with Gasteiger partial charge in [-0.15, -0.1) is 0 Å². The summed E-state index contributed by atoms with van der Waals surface area (Å²) in [6.45, 7) is 1.27. The van der Waals surface area contributed by atoms with Crippen LogP contribution >= 0.6 is 0 Å². The quantitative estimate of drug-likeness (QED) is 0.452. The molecule has 148 valence electrons. The maximum atomic E-state index is 11.0. The highest BCUT2D eigenvalue weighted by Gasteiger charge is 2.60. The number of anilines is 1. The van der Waals surface area contributed by atoms with E-state index < -0.39 is 36.7 Å². The zero-order valence-corrected chi connectivity index (χ0v) is 15.1.